The number of nitrogen functional groups attached to an aromatic ring is 1. The van der Waals surface area contributed by atoms with Crippen LogP contribution >= 0.6 is 11.8 Å². The van der Waals surface area contributed by atoms with Gasteiger partial charge in [0.15, 0.2) is 11.6 Å². The van der Waals surface area contributed by atoms with Crippen molar-refractivity contribution in [3.8, 4) is 11.4 Å². The number of ketones is 1. The fraction of sp³-hybridized carbons (Fsp3) is 0.235. The van der Waals surface area contributed by atoms with Crippen LogP contribution in [0, 0.1) is 5.82 Å². The van der Waals surface area contributed by atoms with Gasteiger partial charge in [-0.2, -0.15) is 0 Å². The number of benzene rings is 1. The van der Waals surface area contributed by atoms with Gasteiger partial charge in [-0.15, -0.1) is 5.10 Å². The summed E-state index contributed by atoms with van der Waals surface area (Å²) in [6.07, 6.45) is 0.606. The van der Waals surface area contributed by atoms with Gasteiger partial charge < -0.3 is 5.73 Å². The molecule has 0 aliphatic rings. The van der Waals surface area contributed by atoms with Gasteiger partial charge in [-0.1, -0.05) is 30.8 Å². The maximum absolute atomic E-state index is 13.8. The van der Waals surface area contributed by atoms with Gasteiger partial charge in [0, 0.05) is 6.54 Å². The zero-order chi connectivity index (χ0) is 20.3. The van der Waals surface area contributed by atoms with E-state index in [9.17, 15) is 18.8 Å². The van der Waals surface area contributed by atoms with E-state index in [4.69, 9.17) is 5.73 Å². The van der Waals surface area contributed by atoms with Gasteiger partial charge in [0.1, 0.15) is 17.2 Å². The van der Waals surface area contributed by atoms with Crippen LogP contribution in [-0.2, 0) is 6.54 Å². The molecule has 2 heterocycles. The number of aromatic amines is 2. The molecular formula is C17H17FN6O3S. The maximum atomic E-state index is 13.8. The standard InChI is InChI=1S/C17H17FN6O3S/c1-2-7-24-13(19)12(15(26)21-17(24)27)11(25)8-28-16-20-14(22-23-16)9-5-3-4-6-10(9)18/h3-6H,2,7-8,19H2,1H3,(H,20,22,23)(H,21,26,27). The first-order valence-corrected chi connectivity index (χ1v) is 9.36. The molecular weight excluding hydrogens is 387 g/mol. The fourth-order valence-electron chi connectivity index (χ4n) is 2.59. The van der Waals surface area contributed by atoms with Gasteiger partial charge in [0.2, 0.25) is 5.16 Å². The molecule has 0 aliphatic heterocycles. The number of thioether (sulfide) groups is 1. The molecule has 11 heteroatoms. The van der Waals surface area contributed by atoms with Crippen molar-refractivity contribution in [2.75, 3.05) is 11.5 Å². The van der Waals surface area contributed by atoms with E-state index >= 15 is 0 Å². The summed E-state index contributed by atoms with van der Waals surface area (Å²) in [5.74, 6) is -1.13. The van der Waals surface area contributed by atoms with E-state index in [1.807, 2.05) is 6.92 Å². The molecule has 9 nitrogen and oxygen atoms in total. The smallest absolute Gasteiger partial charge is 0.329 e. The molecule has 0 bridgehead atoms. The molecule has 2 aromatic heterocycles. The highest BCUT2D eigenvalue weighted by atomic mass is 32.2. The molecule has 0 saturated carbocycles. The Bertz CT molecular complexity index is 1140. The zero-order valence-electron chi connectivity index (χ0n) is 14.9. The minimum absolute atomic E-state index is 0.164. The van der Waals surface area contributed by atoms with Crippen LogP contribution in [0.3, 0.4) is 0 Å². The first kappa shape index (κ1) is 19.5. The lowest BCUT2D eigenvalue weighted by molar-refractivity contribution is 0.102. The number of anilines is 1. The Morgan fingerprint density at radius 2 is 2.07 bits per heavy atom. The van der Waals surface area contributed by atoms with Gasteiger partial charge in [-0.3, -0.25) is 24.2 Å². The molecule has 0 fully saturated rings. The highest BCUT2D eigenvalue weighted by Gasteiger charge is 2.20. The number of H-pyrrole nitrogens is 2. The van der Waals surface area contributed by atoms with E-state index in [2.05, 4.69) is 20.2 Å². The molecule has 0 unspecified atom stereocenters. The van der Waals surface area contributed by atoms with Gasteiger partial charge in [0.05, 0.1) is 11.3 Å². The second kappa shape index (κ2) is 8.21. The van der Waals surface area contributed by atoms with E-state index in [0.29, 0.717) is 6.42 Å². The van der Waals surface area contributed by atoms with Crippen molar-refractivity contribution in [1.29, 1.82) is 0 Å². The normalized spacial score (nSPS) is 10.9. The van der Waals surface area contributed by atoms with Gasteiger partial charge in [0.25, 0.3) is 5.56 Å². The molecule has 28 heavy (non-hydrogen) atoms. The van der Waals surface area contributed by atoms with Crippen molar-refractivity contribution in [1.82, 2.24) is 24.7 Å². The van der Waals surface area contributed by atoms with Crippen molar-refractivity contribution >= 4 is 23.4 Å². The van der Waals surface area contributed by atoms with Crippen LogP contribution in [0.5, 0.6) is 0 Å². The van der Waals surface area contributed by atoms with Crippen LogP contribution in [0.25, 0.3) is 11.4 Å². The number of aromatic nitrogens is 5. The molecule has 0 aliphatic carbocycles. The third-order valence-corrected chi connectivity index (χ3v) is 4.74. The number of carbonyl (C=O) groups excluding carboxylic acids is 1. The molecule has 1 aromatic carbocycles. The zero-order valence-corrected chi connectivity index (χ0v) is 15.7. The number of hydrogen-bond donors (Lipinski definition) is 3. The lowest BCUT2D eigenvalue weighted by Crippen LogP contribution is -2.36. The van der Waals surface area contributed by atoms with Gasteiger partial charge in [-0.25, -0.2) is 14.2 Å². The van der Waals surface area contributed by atoms with E-state index in [1.165, 1.54) is 6.07 Å². The molecule has 146 valence electrons. The molecule has 0 amide bonds. The minimum Gasteiger partial charge on any atom is -0.384 e. The molecule has 0 saturated heterocycles. The van der Waals surface area contributed by atoms with Crippen molar-refractivity contribution in [2.45, 2.75) is 25.0 Å². The van der Waals surface area contributed by atoms with E-state index in [1.54, 1.807) is 18.2 Å². The number of hydrogen-bond acceptors (Lipinski definition) is 7. The predicted octanol–water partition coefficient (Wildman–Crippen LogP) is 1.43. The summed E-state index contributed by atoms with van der Waals surface area (Å²) in [5.41, 5.74) is 4.36. The molecule has 3 aromatic rings. The molecule has 4 N–H and O–H groups in total. The van der Waals surface area contributed by atoms with Gasteiger partial charge in [-0.05, 0) is 18.6 Å². The van der Waals surface area contributed by atoms with Crippen LogP contribution in [0.15, 0.2) is 39.0 Å². The van der Waals surface area contributed by atoms with E-state index in [-0.39, 0.29) is 40.2 Å². The second-order valence-corrected chi connectivity index (χ2v) is 6.77. The molecule has 3 rings (SSSR count). The van der Waals surface area contributed by atoms with Crippen LogP contribution in [0.2, 0.25) is 0 Å². The molecule has 0 atom stereocenters. The van der Waals surface area contributed by atoms with E-state index in [0.717, 1.165) is 16.3 Å². The van der Waals surface area contributed by atoms with Crippen LogP contribution < -0.4 is 17.0 Å². The lowest BCUT2D eigenvalue weighted by atomic mass is 10.2. The van der Waals surface area contributed by atoms with Crippen molar-refractivity contribution in [3.05, 3.63) is 56.5 Å². The predicted molar refractivity (Wildman–Crippen MR) is 103 cm³/mol. The lowest BCUT2D eigenvalue weighted by Gasteiger charge is -2.10. The Kier molecular flexibility index (Phi) is 5.73. The number of nitrogens with two attached hydrogens (primary N) is 1. The monoisotopic (exact) mass is 404 g/mol. The Hall–Kier alpha value is -3.21. The topological polar surface area (TPSA) is 140 Å². The van der Waals surface area contributed by atoms with Crippen LogP contribution in [0.4, 0.5) is 10.2 Å². The molecule has 0 spiro atoms. The quantitative estimate of drug-likeness (QED) is 0.400. The third kappa shape index (κ3) is 3.88. The van der Waals surface area contributed by atoms with Gasteiger partial charge >= 0.3 is 5.69 Å². The van der Waals surface area contributed by atoms with Crippen LogP contribution in [-0.4, -0.2) is 36.3 Å². The van der Waals surface area contributed by atoms with Crippen LogP contribution in [0.1, 0.15) is 23.7 Å². The fourth-order valence-corrected chi connectivity index (χ4v) is 3.26. The minimum atomic E-state index is -0.831. The first-order chi connectivity index (χ1) is 13.4. The summed E-state index contributed by atoms with van der Waals surface area (Å²) in [5, 5.41) is 6.76. The van der Waals surface area contributed by atoms with Crippen molar-refractivity contribution in [2.24, 2.45) is 0 Å². The summed E-state index contributed by atoms with van der Waals surface area (Å²) >= 11 is 0.964. The molecule has 0 radical (unpaired) electrons. The Morgan fingerprint density at radius 1 is 1.32 bits per heavy atom. The number of nitrogens with zero attached hydrogens (tertiary/aromatic N) is 3. The second-order valence-electron chi connectivity index (χ2n) is 5.83. The Balaban J connectivity index is 1.79. The summed E-state index contributed by atoms with van der Waals surface area (Å²) in [6, 6.07) is 6.07. The maximum Gasteiger partial charge on any atom is 0.329 e. The number of halogens is 1. The number of Topliss-reactive ketones (excluding diaryl/α,β-unsaturated/α-hetero) is 1. The SMILES string of the molecule is CCCn1c(N)c(C(=O)CSc2n[nH]c(-c3ccccc3F)n2)c(=O)[nH]c1=O. The largest absolute Gasteiger partial charge is 0.384 e. The number of rotatable bonds is 7. The van der Waals surface area contributed by atoms with Crippen molar-refractivity contribution < 1.29 is 9.18 Å². The first-order valence-electron chi connectivity index (χ1n) is 8.38. The average Bonchev–Trinajstić information content (AvgIpc) is 3.12. The third-order valence-electron chi connectivity index (χ3n) is 3.89. The summed E-state index contributed by atoms with van der Waals surface area (Å²) in [6.45, 7) is 2.12. The highest BCUT2D eigenvalue weighted by molar-refractivity contribution is 7.99. The average molecular weight is 404 g/mol. The van der Waals surface area contributed by atoms with E-state index < -0.39 is 22.8 Å². The Labute approximate surface area is 162 Å². The number of nitrogens with one attached hydrogen (secondary N) is 2. The Morgan fingerprint density at radius 3 is 2.79 bits per heavy atom. The van der Waals surface area contributed by atoms with Crippen molar-refractivity contribution in [3.63, 3.8) is 0 Å². The summed E-state index contributed by atoms with van der Waals surface area (Å²) in [7, 11) is 0. The summed E-state index contributed by atoms with van der Waals surface area (Å²) in [4.78, 5) is 42.6. The number of carbonyl (C=O) groups is 1. The highest BCUT2D eigenvalue weighted by Crippen LogP contribution is 2.22. The summed E-state index contributed by atoms with van der Waals surface area (Å²) < 4.78 is 15.0.